The Hall–Kier alpha value is -1.95. The SMILES string of the molecule is CCCNc1ccc(Cl)cc1C(=O)NCCNC(N)=O. The third-order valence-electron chi connectivity index (χ3n) is 2.50. The van der Waals surface area contributed by atoms with Crippen LogP contribution in [-0.4, -0.2) is 31.6 Å². The number of urea groups is 1. The van der Waals surface area contributed by atoms with Gasteiger partial charge in [-0.15, -0.1) is 0 Å². The minimum Gasteiger partial charge on any atom is -0.384 e. The average molecular weight is 299 g/mol. The van der Waals surface area contributed by atoms with Crippen LogP contribution in [0.3, 0.4) is 0 Å². The van der Waals surface area contributed by atoms with Crippen molar-refractivity contribution in [3.05, 3.63) is 28.8 Å². The lowest BCUT2D eigenvalue weighted by molar-refractivity contribution is 0.0954. The third kappa shape index (κ3) is 5.36. The molecule has 5 N–H and O–H groups in total. The molecule has 20 heavy (non-hydrogen) atoms. The number of nitrogens with two attached hydrogens (primary N) is 1. The predicted molar refractivity (Wildman–Crippen MR) is 80.2 cm³/mol. The molecule has 6 nitrogen and oxygen atoms in total. The topological polar surface area (TPSA) is 96.2 Å². The number of amides is 3. The second kappa shape index (κ2) is 8.27. The van der Waals surface area contributed by atoms with Crippen molar-refractivity contribution in [3.8, 4) is 0 Å². The number of rotatable bonds is 7. The highest BCUT2D eigenvalue weighted by atomic mass is 35.5. The van der Waals surface area contributed by atoms with Gasteiger partial charge < -0.3 is 21.7 Å². The lowest BCUT2D eigenvalue weighted by Crippen LogP contribution is -2.37. The number of benzene rings is 1. The van der Waals surface area contributed by atoms with E-state index < -0.39 is 6.03 Å². The molecule has 0 bridgehead atoms. The van der Waals surface area contributed by atoms with E-state index in [1.807, 2.05) is 6.92 Å². The Kier molecular flexibility index (Phi) is 6.66. The van der Waals surface area contributed by atoms with Crippen molar-refractivity contribution >= 4 is 29.2 Å². The van der Waals surface area contributed by atoms with Crippen LogP contribution in [0.2, 0.25) is 5.02 Å². The summed E-state index contributed by atoms with van der Waals surface area (Å²) in [5.41, 5.74) is 6.14. The zero-order valence-corrected chi connectivity index (χ0v) is 12.1. The molecule has 0 unspecified atom stereocenters. The smallest absolute Gasteiger partial charge is 0.312 e. The van der Waals surface area contributed by atoms with Crippen LogP contribution in [0.1, 0.15) is 23.7 Å². The van der Waals surface area contributed by atoms with Gasteiger partial charge in [0.2, 0.25) is 0 Å². The summed E-state index contributed by atoms with van der Waals surface area (Å²) in [7, 11) is 0. The van der Waals surface area contributed by atoms with E-state index in [1.165, 1.54) is 0 Å². The average Bonchev–Trinajstić information content (AvgIpc) is 2.41. The Labute approximate surface area is 123 Å². The third-order valence-corrected chi connectivity index (χ3v) is 2.74. The fourth-order valence-electron chi connectivity index (χ4n) is 1.58. The fraction of sp³-hybridized carbons (Fsp3) is 0.385. The van der Waals surface area contributed by atoms with E-state index in [1.54, 1.807) is 18.2 Å². The fourth-order valence-corrected chi connectivity index (χ4v) is 1.75. The number of anilines is 1. The molecule has 110 valence electrons. The lowest BCUT2D eigenvalue weighted by Gasteiger charge is -2.12. The van der Waals surface area contributed by atoms with Crippen molar-refractivity contribution in [1.82, 2.24) is 10.6 Å². The molecule has 1 aromatic carbocycles. The highest BCUT2D eigenvalue weighted by molar-refractivity contribution is 6.31. The lowest BCUT2D eigenvalue weighted by atomic mass is 10.1. The summed E-state index contributed by atoms with van der Waals surface area (Å²) in [4.78, 5) is 22.6. The molecule has 1 rings (SSSR count). The standard InChI is InChI=1S/C13H19ClN4O2/c1-2-5-16-11-4-3-9(14)8-10(11)12(19)17-6-7-18-13(15)20/h3-4,8,16H,2,5-7H2,1H3,(H,17,19)(H3,15,18,20). The molecule has 0 aliphatic carbocycles. The molecular formula is C13H19ClN4O2. The molecule has 0 fully saturated rings. The molecule has 0 atom stereocenters. The van der Waals surface area contributed by atoms with Gasteiger partial charge in [0.05, 0.1) is 5.56 Å². The number of hydrogen-bond donors (Lipinski definition) is 4. The monoisotopic (exact) mass is 298 g/mol. The number of carbonyl (C=O) groups is 2. The first-order valence-electron chi connectivity index (χ1n) is 6.39. The first-order valence-corrected chi connectivity index (χ1v) is 6.77. The Morgan fingerprint density at radius 3 is 2.55 bits per heavy atom. The molecule has 0 spiro atoms. The molecule has 3 amide bonds. The van der Waals surface area contributed by atoms with Crippen molar-refractivity contribution < 1.29 is 9.59 Å². The Balaban J connectivity index is 2.65. The molecule has 0 heterocycles. The summed E-state index contributed by atoms with van der Waals surface area (Å²) < 4.78 is 0. The summed E-state index contributed by atoms with van der Waals surface area (Å²) in [5, 5.41) is 8.75. The summed E-state index contributed by atoms with van der Waals surface area (Å²) in [5.74, 6) is -0.252. The van der Waals surface area contributed by atoms with E-state index in [9.17, 15) is 9.59 Å². The predicted octanol–water partition coefficient (Wildman–Crippen LogP) is 1.56. The largest absolute Gasteiger partial charge is 0.384 e. The van der Waals surface area contributed by atoms with Gasteiger partial charge in [-0.25, -0.2) is 4.79 Å². The molecule has 1 aromatic rings. The number of nitrogens with one attached hydrogen (secondary N) is 3. The molecule has 0 aliphatic rings. The van der Waals surface area contributed by atoms with Crippen LogP contribution in [0, 0.1) is 0 Å². The summed E-state index contributed by atoms with van der Waals surface area (Å²) in [6.07, 6.45) is 0.951. The van der Waals surface area contributed by atoms with Crippen molar-refractivity contribution in [2.75, 3.05) is 25.0 Å². The second-order valence-electron chi connectivity index (χ2n) is 4.16. The summed E-state index contributed by atoms with van der Waals surface area (Å²) in [6, 6.07) is 4.49. The summed E-state index contributed by atoms with van der Waals surface area (Å²) >= 11 is 5.92. The normalized spacial score (nSPS) is 9.90. The van der Waals surface area contributed by atoms with Gasteiger partial charge in [-0.05, 0) is 24.6 Å². The molecule has 0 aliphatic heterocycles. The van der Waals surface area contributed by atoms with Gasteiger partial charge in [0.25, 0.3) is 5.91 Å². The Bertz CT molecular complexity index is 479. The minimum absolute atomic E-state index is 0.252. The van der Waals surface area contributed by atoms with Crippen LogP contribution in [0.5, 0.6) is 0 Å². The second-order valence-corrected chi connectivity index (χ2v) is 4.60. The van der Waals surface area contributed by atoms with Gasteiger partial charge in [0.15, 0.2) is 0 Å². The maximum atomic E-state index is 12.1. The summed E-state index contributed by atoms with van der Waals surface area (Å²) in [6.45, 7) is 3.38. The van der Waals surface area contributed by atoms with E-state index in [-0.39, 0.29) is 12.5 Å². The van der Waals surface area contributed by atoms with Crippen LogP contribution < -0.4 is 21.7 Å². The molecule has 0 saturated heterocycles. The number of hydrogen-bond acceptors (Lipinski definition) is 3. The van der Waals surface area contributed by atoms with Crippen molar-refractivity contribution in [1.29, 1.82) is 0 Å². The van der Waals surface area contributed by atoms with Gasteiger partial charge in [0.1, 0.15) is 0 Å². The van der Waals surface area contributed by atoms with E-state index in [0.29, 0.717) is 17.1 Å². The number of primary amides is 1. The van der Waals surface area contributed by atoms with Gasteiger partial charge in [-0.2, -0.15) is 0 Å². The van der Waals surface area contributed by atoms with Crippen LogP contribution in [0.15, 0.2) is 18.2 Å². The zero-order valence-electron chi connectivity index (χ0n) is 11.3. The van der Waals surface area contributed by atoms with E-state index in [0.717, 1.165) is 18.7 Å². The number of carbonyl (C=O) groups excluding carboxylic acids is 2. The Morgan fingerprint density at radius 1 is 1.20 bits per heavy atom. The van der Waals surface area contributed by atoms with Crippen LogP contribution >= 0.6 is 11.6 Å². The molecule has 0 saturated carbocycles. The van der Waals surface area contributed by atoms with Crippen LogP contribution in [0.25, 0.3) is 0 Å². The number of halogens is 1. The van der Waals surface area contributed by atoms with Crippen molar-refractivity contribution in [2.24, 2.45) is 5.73 Å². The highest BCUT2D eigenvalue weighted by Gasteiger charge is 2.11. The highest BCUT2D eigenvalue weighted by Crippen LogP contribution is 2.20. The van der Waals surface area contributed by atoms with E-state index in [4.69, 9.17) is 17.3 Å². The molecule has 7 heteroatoms. The van der Waals surface area contributed by atoms with Crippen LogP contribution in [-0.2, 0) is 0 Å². The quantitative estimate of drug-likeness (QED) is 0.575. The zero-order chi connectivity index (χ0) is 15.0. The van der Waals surface area contributed by atoms with Crippen molar-refractivity contribution in [2.45, 2.75) is 13.3 Å². The van der Waals surface area contributed by atoms with E-state index >= 15 is 0 Å². The molecule has 0 aromatic heterocycles. The first kappa shape index (κ1) is 16.1. The maximum Gasteiger partial charge on any atom is 0.312 e. The minimum atomic E-state index is -0.618. The molecule has 0 radical (unpaired) electrons. The first-order chi connectivity index (χ1) is 9.54. The molecular weight excluding hydrogens is 280 g/mol. The van der Waals surface area contributed by atoms with E-state index in [2.05, 4.69) is 16.0 Å². The van der Waals surface area contributed by atoms with Gasteiger partial charge in [0, 0.05) is 30.3 Å². The maximum absolute atomic E-state index is 12.1. The van der Waals surface area contributed by atoms with Crippen molar-refractivity contribution in [3.63, 3.8) is 0 Å². The van der Waals surface area contributed by atoms with Gasteiger partial charge in [-0.1, -0.05) is 18.5 Å². The van der Waals surface area contributed by atoms with Gasteiger partial charge >= 0.3 is 6.03 Å². The Morgan fingerprint density at radius 2 is 1.90 bits per heavy atom. The van der Waals surface area contributed by atoms with Crippen LogP contribution in [0.4, 0.5) is 10.5 Å². The van der Waals surface area contributed by atoms with Gasteiger partial charge in [-0.3, -0.25) is 4.79 Å².